The zero-order valence-electron chi connectivity index (χ0n) is 19.0. The predicted molar refractivity (Wildman–Crippen MR) is 131 cm³/mol. The summed E-state index contributed by atoms with van der Waals surface area (Å²) >= 11 is 0. The molecule has 3 amide bonds. The fraction of sp³-hybridized carbons (Fsp3) is 0.154. The Bertz CT molecular complexity index is 1190. The quantitative estimate of drug-likeness (QED) is 0.274. The molecule has 3 rings (SSSR count). The summed E-state index contributed by atoms with van der Waals surface area (Å²) in [7, 11) is 0. The number of carbonyl (C=O) groups excluding carboxylic acids is 3. The van der Waals surface area contributed by atoms with Crippen molar-refractivity contribution in [2.45, 2.75) is 20.4 Å². The molecule has 0 unspecified atom stereocenters. The van der Waals surface area contributed by atoms with E-state index in [1.165, 1.54) is 6.21 Å². The van der Waals surface area contributed by atoms with Gasteiger partial charge in [-0.25, -0.2) is 5.43 Å². The fourth-order valence-corrected chi connectivity index (χ4v) is 2.96. The summed E-state index contributed by atoms with van der Waals surface area (Å²) in [5, 5.41) is 9.14. The molecule has 0 spiro atoms. The van der Waals surface area contributed by atoms with Crippen LogP contribution in [0.25, 0.3) is 0 Å². The van der Waals surface area contributed by atoms with E-state index in [0.29, 0.717) is 17.0 Å². The van der Waals surface area contributed by atoms with E-state index in [1.807, 2.05) is 56.3 Å². The number of amides is 3. The third kappa shape index (κ3) is 7.59. The molecule has 8 nitrogen and oxygen atoms in total. The lowest BCUT2D eigenvalue weighted by Gasteiger charge is -2.10. The zero-order valence-corrected chi connectivity index (χ0v) is 19.0. The highest BCUT2D eigenvalue weighted by Crippen LogP contribution is 2.16. The molecule has 174 valence electrons. The van der Waals surface area contributed by atoms with Crippen molar-refractivity contribution in [1.82, 2.24) is 10.7 Å². The number of benzene rings is 3. The molecule has 0 fully saturated rings. The Hall–Kier alpha value is -4.46. The highest BCUT2D eigenvalue weighted by molar-refractivity contribution is 6.35. The van der Waals surface area contributed by atoms with E-state index in [9.17, 15) is 14.4 Å². The summed E-state index contributed by atoms with van der Waals surface area (Å²) in [6.45, 7) is 3.94. The van der Waals surface area contributed by atoms with Gasteiger partial charge in [0.15, 0.2) is 6.61 Å². The van der Waals surface area contributed by atoms with Crippen LogP contribution in [0.1, 0.15) is 22.3 Å². The first kappa shape index (κ1) is 24.2. The number of nitrogens with one attached hydrogen (secondary N) is 3. The van der Waals surface area contributed by atoms with Crippen LogP contribution in [-0.2, 0) is 20.9 Å². The zero-order chi connectivity index (χ0) is 24.3. The number of aryl methyl sites for hydroxylation is 2. The lowest BCUT2D eigenvalue weighted by molar-refractivity contribution is -0.139. The second-order valence-electron chi connectivity index (χ2n) is 7.61. The summed E-state index contributed by atoms with van der Waals surface area (Å²) in [6, 6.07) is 22.0. The normalized spacial score (nSPS) is 10.5. The van der Waals surface area contributed by atoms with Gasteiger partial charge in [-0.2, -0.15) is 5.10 Å². The van der Waals surface area contributed by atoms with Gasteiger partial charge >= 0.3 is 11.8 Å². The first-order valence-corrected chi connectivity index (χ1v) is 10.7. The number of rotatable bonds is 8. The van der Waals surface area contributed by atoms with Gasteiger partial charge in [0.2, 0.25) is 0 Å². The average Bonchev–Trinajstić information content (AvgIpc) is 2.83. The molecule has 0 aliphatic rings. The summed E-state index contributed by atoms with van der Waals surface area (Å²) in [5.41, 5.74) is 6.44. The summed E-state index contributed by atoms with van der Waals surface area (Å²) in [5.74, 6) is -1.59. The molecular formula is C26H26N4O4. The number of hydrazone groups is 1. The van der Waals surface area contributed by atoms with Crippen LogP contribution >= 0.6 is 0 Å². The summed E-state index contributed by atoms with van der Waals surface area (Å²) in [4.78, 5) is 36.2. The third-order valence-corrected chi connectivity index (χ3v) is 4.73. The Labute approximate surface area is 198 Å². The van der Waals surface area contributed by atoms with Crippen LogP contribution in [0.5, 0.6) is 5.75 Å². The Morgan fingerprint density at radius 2 is 1.65 bits per heavy atom. The van der Waals surface area contributed by atoms with Crippen LogP contribution in [0.4, 0.5) is 5.69 Å². The highest BCUT2D eigenvalue weighted by atomic mass is 16.5. The van der Waals surface area contributed by atoms with Gasteiger partial charge in [-0.15, -0.1) is 0 Å². The van der Waals surface area contributed by atoms with Crippen molar-refractivity contribution < 1.29 is 19.1 Å². The van der Waals surface area contributed by atoms with Crippen molar-refractivity contribution in [1.29, 1.82) is 0 Å². The Kier molecular flexibility index (Phi) is 8.51. The first-order chi connectivity index (χ1) is 16.4. The molecule has 3 N–H and O–H groups in total. The molecule has 0 bridgehead atoms. The van der Waals surface area contributed by atoms with Crippen molar-refractivity contribution in [2.75, 3.05) is 11.9 Å². The van der Waals surface area contributed by atoms with E-state index >= 15 is 0 Å². The van der Waals surface area contributed by atoms with Gasteiger partial charge in [0.25, 0.3) is 5.91 Å². The number of ether oxygens (including phenoxy) is 1. The molecule has 0 aliphatic carbocycles. The minimum absolute atomic E-state index is 0.202. The topological polar surface area (TPSA) is 109 Å². The van der Waals surface area contributed by atoms with Crippen LogP contribution in [0.3, 0.4) is 0 Å². The lowest BCUT2D eigenvalue weighted by Crippen LogP contribution is -2.37. The SMILES string of the molecule is Cc1ccc(CNC(=O)C(=O)N/N=C\c2ccccc2OCC(=O)Nc2cccc(C)c2)cc1. The Morgan fingerprint density at radius 3 is 2.41 bits per heavy atom. The van der Waals surface area contributed by atoms with E-state index < -0.39 is 11.8 Å². The molecule has 0 heterocycles. The second-order valence-corrected chi connectivity index (χ2v) is 7.61. The van der Waals surface area contributed by atoms with E-state index in [0.717, 1.165) is 16.7 Å². The number of para-hydroxylation sites is 1. The molecule has 3 aromatic carbocycles. The van der Waals surface area contributed by atoms with E-state index in [1.54, 1.807) is 30.3 Å². The van der Waals surface area contributed by atoms with Crippen molar-refractivity contribution in [3.05, 3.63) is 95.1 Å². The lowest BCUT2D eigenvalue weighted by atomic mass is 10.1. The number of anilines is 1. The van der Waals surface area contributed by atoms with Gasteiger partial charge in [-0.1, -0.05) is 54.1 Å². The van der Waals surface area contributed by atoms with Gasteiger partial charge in [-0.3, -0.25) is 14.4 Å². The van der Waals surface area contributed by atoms with Crippen LogP contribution in [0.15, 0.2) is 77.9 Å². The van der Waals surface area contributed by atoms with Crippen molar-refractivity contribution in [3.63, 3.8) is 0 Å². The second kappa shape index (κ2) is 12.0. The van der Waals surface area contributed by atoms with Crippen molar-refractivity contribution in [3.8, 4) is 5.75 Å². The number of hydrogen-bond acceptors (Lipinski definition) is 5. The smallest absolute Gasteiger partial charge is 0.329 e. The maximum Gasteiger partial charge on any atom is 0.329 e. The minimum atomic E-state index is -0.890. The minimum Gasteiger partial charge on any atom is -0.483 e. The molecule has 0 aliphatic heterocycles. The monoisotopic (exact) mass is 458 g/mol. The number of hydrogen-bond donors (Lipinski definition) is 3. The number of carbonyl (C=O) groups is 3. The molecule has 0 aromatic heterocycles. The van der Waals surface area contributed by atoms with Gasteiger partial charge in [-0.05, 0) is 49.2 Å². The first-order valence-electron chi connectivity index (χ1n) is 10.7. The molecular weight excluding hydrogens is 432 g/mol. The van der Waals surface area contributed by atoms with Gasteiger partial charge in [0, 0.05) is 17.8 Å². The molecule has 8 heteroatoms. The van der Waals surface area contributed by atoms with Crippen LogP contribution in [-0.4, -0.2) is 30.5 Å². The Morgan fingerprint density at radius 1 is 0.882 bits per heavy atom. The van der Waals surface area contributed by atoms with E-state index in [2.05, 4.69) is 21.2 Å². The van der Waals surface area contributed by atoms with E-state index in [4.69, 9.17) is 4.74 Å². The standard InChI is InChI=1S/C26H26N4O4/c1-18-10-12-20(13-11-18)15-27-25(32)26(33)30-28-16-21-7-3-4-9-23(21)34-17-24(31)29-22-8-5-6-19(2)14-22/h3-14,16H,15,17H2,1-2H3,(H,27,32)(H,29,31)(H,30,33)/b28-16-. The van der Waals surface area contributed by atoms with E-state index in [-0.39, 0.29) is 19.1 Å². The van der Waals surface area contributed by atoms with Gasteiger partial charge in [0.1, 0.15) is 5.75 Å². The summed E-state index contributed by atoms with van der Waals surface area (Å²) in [6.07, 6.45) is 1.35. The molecule has 0 saturated carbocycles. The predicted octanol–water partition coefficient (Wildman–Crippen LogP) is 3.09. The Balaban J connectivity index is 1.49. The largest absolute Gasteiger partial charge is 0.483 e. The van der Waals surface area contributed by atoms with Crippen molar-refractivity contribution >= 4 is 29.6 Å². The number of nitrogens with zero attached hydrogens (tertiary/aromatic N) is 1. The van der Waals surface area contributed by atoms with Gasteiger partial charge < -0.3 is 15.4 Å². The van der Waals surface area contributed by atoms with Gasteiger partial charge in [0.05, 0.1) is 6.21 Å². The fourth-order valence-electron chi connectivity index (χ4n) is 2.96. The van der Waals surface area contributed by atoms with Crippen LogP contribution < -0.4 is 20.8 Å². The molecule has 3 aromatic rings. The third-order valence-electron chi connectivity index (χ3n) is 4.73. The van der Waals surface area contributed by atoms with Crippen LogP contribution in [0.2, 0.25) is 0 Å². The maximum absolute atomic E-state index is 12.2. The summed E-state index contributed by atoms with van der Waals surface area (Å²) < 4.78 is 5.61. The average molecular weight is 459 g/mol. The van der Waals surface area contributed by atoms with Crippen LogP contribution in [0, 0.1) is 13.8 Å². The molecule has 0 atom stereocenters. The van der Waals surface area contributed by atoms with Crippen molar-refractivity contribution in [2.24, 2.45) is 5.10 Å². The molecule has 0 saturated heterocycles. The highest BCUT2D eigenvalue weighted by Gasteiger charge is 2.12. The molecule has 34 heavy (non-hydrogen) atoms. The molecule has 0 radical (unpaired) electrons. The maximum atomic E-state index is 12.2.